The fourth-order valence-corrected chi connectivity index (χ4v) is 3.43. The topological polar surface area (TPSA) is 96.6 Å². The number of aliphatic imine (C=N–C) groups is 1. The molecule has 4 N–H and O–H groups in total. The molecule has 0 amide bonds. The van der Waals surface area contributed by atoms with Crippen LogP contribution in [0.4, 0.5) is 0 Å². The molecule has 21 heavy (non-hydrogen) atoms. The number of primary sulfonamides is 1. The van der Waals surface area contributed by atoms with Gasteiger partial charge in [-0.25, -0.2) is 13.6 Å². The summed E-state index contributed by atoms with van der Waals surface area (Å²) in [5, 5.41) is 11.5. The van der Waals surface area contributed by atoms with Gasteiger partial charge in [-0.15, -0.1) is 11.3 Å². The van der Waals surface area contributed by atoms with Crippen molar-refractivity contribution in [3.8, 4) is 0 Å². The number of hydrogen-bond donors (Lipinski definition) is 3. The van der Waals surface area contributed by atoms with Crippen LogP contribution >= 0.6 is 11.3 Å². The molecular weight excluding hydrogens is 308 g/mol. The number of thiophene rings is 1. The number of nitrogens with one attached hydrogen (secondary N) is 2. The zero-order valence-electron chi connectivity index (χ0n) is 12.7. The van der Waals surface area contributed by atoms with Gasteiger partial charge in [-0.1, -0.05) is 13.8 Å². The van der Waals surface area contributed by atoms with E-state index >= 15 is 0 Å². The van der Waals surface area contributed by atoms with Crippen molar-refractivity contribution in [2.45, 2.75) is 37.4 Å². The van der Waals surface area contributed by atoms with Gasteiger partial charge in [-0.2, -0.15) is 0 Å². The molecule has 8 heteroatoms. The van der Waals surface area contributed by atoms with Gasteiger partial charge < -0.3 is 10.6 Å². The highest BCUT2D eigenvalue weighted by atomic mass is 32.2. The SMILES string of the molecule is CN=C(NCCCC(C)C)NCc1ccc(S(N)(=O)=O)s1. The smallest absolute Gasteiger partial charge is 0.247 e. The molecule has 0 bridgehead atoms. The zero-order chi connectivity index (χ0) is 15.9. The average Bonchev–Trinajstić information content (AvgIpc) is 2.86. The lowest BCUT2D eigenvalue weighted by molar-refractivity contribution is 0.549. The maximum atomic E-state index is 11.2. The van der Waals surface area contributed by atoms with E-state index in [1.54, 1.807) is 13.1 Å². The molecule has 0 saturated heterocycles. The van der Waals surface area contributed by atoms with Crippen LogP contribution in [0.25, 0.3) is 0 Å². The van der Waals surface area contributed by atoms with Gasteiger partial charge in [0.2, 0.25) is 10.0 Å². The van der Waals surface area contributed by atoms with E-state index in [0.29, 0.717) is 18.4 Å². The van der Waals surface area contributed by atoms with E-state index in [0.717, 1.165) is 17.8 Å². The fourth-order valence-electron chi connectivity index (χ4n) is 1.71. The van der Waals surface area contributed by atoms with E-state index in [1.165, 1.54) is 23.8 Å². The minimum atomic E-state index is -3.61. The maximum Gasteiger partial charge on any atom is 0.247 e. The second-order valence-corrected chi connectivity index (χ2v) is 8.11. The molecule has 0 radical (unpaired) electrons. The van der Waals surface area contributed by atoms with Gasteiger partial charge >= 0.3 is 0 Å². The number of rotatable bonds is 7. The summed E-state index contributed by atoms with van der Waals surface area (Å²) in [5.74, 6) is 1.41. The van der Waals surface area contributed by atoms with Crippen molar-refractivity contribution in [3.05, 3.63) is 17.0 Å². The summed E-state index contributed by atoms with van der Waals surface area (Å²) < 4.78 is 22.6. The predicted octanol–water partition coefficient (Wildman–Crippen LogP) is 1.50. The quantitative estimate of drug-likeness (QED) is 0.400. The second kappa shape index (κ2) is 8.35. The van der Waals surface area contributed by atoms with Gasteiger partial charge in [0.25, 0.3) is 0 Å². The molecule has 120 valence electrons. The van der Waals surface area contributed by atoms with Crippen LogP contribution in [0.5, 0.6) is 0 Å². The fraction of sp³-hybridized carbons (Fsp3) is 0.615. The molecule has 0 aromatic carbocycles. The Bertz CT molecular complexity index is 564. The minimum Gasteiger partial charge on any atom is -0.356 e. The molecule has 1 aromatic rings. The molecule has 6 nitrogen and oxygen atoms in total. The maximum absolute atomic E-state index is 11.2. The molecule has 0 aliphatic rings. The Morgan fingerprint density at radius 1 is 1.38 bits per heavy atom. The molecule has 1 aromatic heterocycles. The standard InChI is InChI=1S/C13H24N4O2S2/c1-10(2)5-4-8-16-13(15-3)17-9-11-6-7-12(20-11)21(14,18)19/h6-7,10H,4-5,8-9H2,1-3H3,(H2,14,18,19)(H2,15,16,17). The molecule has 1 heterocycles. The second-order valence-electron chi connectivity index (χ2n) is 5.15. The van der Waals surface area contributed by atoms with E-state index in [4.69, 9.17) is 5.14 Å². The third kappa shape index (κ3) is 6.92. The molecule has 0 aliphatic heterocycles. The van der Waals surface area contributed by atoms with Gasteiger partial charge in [-0.3, -0.25) is 4.99 Å². The Hall–Kier alpha value is -1.12. The van der Waals surface area contributed by atoms with Crippen LogP contribution in [-0.2, 0) is 16.6 Å². The van der Waals surface area contributed by atoms with Crippen LogP contribution in [0.1, 0.15) is 31.6 Å². The highest BCUT2D eigenvalue weighted by molar-refractivity contribution is 7.91. The van der Waals surface area contributed by atoms with Crippen LogP contribution in [0.2, 0.25) is 0 Å². The first-order valence-electron chi connectivity index (χ1n) is 6.89. The van der Waals surface area contributed by atoms with Crippen molar-refractivity contribution in [2.24, 2.45) is 16.0 Å². The van der Waals surface area contributed by atoms with Crippen molar-refractivity contribution >= 4 is 27.3 Å². The van der Waals surface area contributed by atoms with Gasteiger partial charge in [-0.05, 0) is 30.9 Å². The molecule has 0 atom stereocenters. The lowest BCUT2D eigenvalue weighted by Crippen LogP contribution is -2.37. The monoisotopic (exact) mass is 332 g/mol. The summed E-state index contributed by atoms with van der Waals surface area (Å²) >= 11 is 1.17. The van der Waals surface area contributed by atoms with Crippen LogP contribution in [-0.4, -0.2) is 28.0 Å². The summed E-state index contributed by atoms with van der Waals surface area (Å²) in [5.41, 5.74) is 0. The van der Waals surface area contributed by atoms with Crippen molar-refractivity contribution in [1.29, 1.82) is 0 Å². The summed E-state index contributed by atoms with van der Waals surface area (Å²) in [4.78, 5) is 5.02. The van der Waals surface area contributed by atoms with E-state index in [-0.39, 0.29) is 4.21 Å². The van der Waals surface area contributed by atoms with E-state index in [1.807, 2.05) is 0 Å². The van der Waals surface area contributed by atoms with Crippen molar-refractivity contribution in [3.63, 3.8) is 0 Å². The highest BCUT2D eigenvalue weighted by Gasteiger charge is 2.11. The Labute approximate surface area is 130 Å². The zero-order valence-corrected chi connectivity index (χ0v) is 14.4. The normalized spacial score (nSPS) is 12.7. The molecule has 0 fully saturated rings. The van der Waals surface area contributed by atoms with Gasteiger partial charge in [0.15, 0.2) is 5.96 Å². The summed E-state index contributed by atoms with van der Waals surface area (Å²) in [7, 11) is -1.90. The summed E-state index contributed by atoms with van der Waals surface area (Å²) in [6, 6.07) is 3.28. The average molecular weight is 332 g/mol. The molecule has 0 spiro atoms. The van der Waals surface area contributed by atoms with Crippen molar-refractivity contribution < 1.29 is 8.42 Å². The predicted molar refractivity (Wildman–Crippen MR) is 88.0 cm³/mol. The van der Waals surface area contributed by atoms with Gasteiger partial charge in [0.05, 0.1) is 6.54 Å². The Morgan fingerprint density at radius 3 is 2.62 bits per heavy atom. The summed E-state index contributed by atoms with van der Waals surface area (Å²) in [6.45, 7) is 5.79. The van der Waals surface area contributed by atoms with E-state index < -0.39 is 10.0 Å². The van der Waals surface area contributed by atoms with E-state index in [9.17, 15) is 8.42 Å². The van der Waals surface area contributed by atoms with Crippen LogP contribution in [0, 0.1) is 5.92 Å². The largest absolute Gasteiger partial charge is 0.356 e. The third-order valence-electron chi connectivity index (χ3n) is 2.82. The van der Waals surface area contributed by atoms with Gasteiger partial charge in [0.1, 0.15) is 4.21 Å². The molecule has 1 rings (SSSR count). The first kappa shape index (κ1) is 17.9. The highest BCUT2D eigenvalue weighted by Crippen LogP contribution is 2.19. The first-order chi connectivity index (χ1) is 9.82. The Morgan fingerprint density at radius 2 is 2.10 bits per heavy atom. The lowest BCUT2D eigenvalue weighted by Gasteiger charge is -2.11. The minimum absolute atomic E-state index is 0.180. The molecule has 0 saturated carbocycles. The number of hydrogen-bond acceptors (Lipinski definition) is 4. The molecular formula is C13H24N4O2S2. The van der Waals surface area contributed by atoms with E-state index in [2.05, 4.69) is 29.5 Å². The van der Waals surface area contributed by atoms with Crippen LogP contribution in [0.3, 0.4) is 0 Å². The van der Waals surface area contributed by atoms with Gasteiger partial charge in [0, 0.05) is 18.5 Å². The molecule has 0 aliphatic carbocycles. The summed E-state index contributed by atoms with van der Waals surface area (Å²) in [6.07, 6.45) is 2.26. The first-order valence-corrected chi connectivity index (χ1v) is 9.25. The lowest BCUT2D eigenvalue weighted by atomic mass is 10.1. The van der Waals surface area contributed by atoms with Crippen molar-refractivity contribution in [2.75, 3.05) is 13.6 Å². The van der Waals surface area contributed by atoms with Crippen LogP contribution < -0.4 is 15.8 Å². The van der Waals surface area contributed by atoms with Crippen molar-refractivity contribution in [1.82, 2.24) is 10.6 Å². The van der Waals surface area contributed by atoms with Crippen LogP contribution in [0.15, 0.2) is 21.3 Å². The number of nitrogens with zero attached hydrogens (tertiary/aromatic N) is 1. The Kier molecular flexibility index (Phi) is 7.13. The number of sulfonamides is 1. The number of nitrogens with two attached hydrogens (primary N) is 1. The third-order valence-corrected chi connectivity index (χ3v) is 5.35. The molecule has 0 unspecified atom stereocenters. The Balaban J connectivity index is 2.40. The number of guanidine groups is 1.